The topological polar surface area (TPSA) is 136 Å². The van der Waals surface area contributed by atoms with Crippen LogP contribution < -0.4 is 10.0 Å². The number of thiophene rings is 1. The highest BCUT2D eigenvalue weighted by atomic mass is 32.2. The number of piperidine rings is 1. The Morgan fingerprint density at radius 2 is 1.94 bits per heavy atom. The van der Waals surface area contributed by atoms with E-state index in [1.807, 2.05) is 6.07 Å². The van der Waals surface area contributed by atoms with Crippen LogP contribution in [0.4, 0.5) is 5.69 Å². The molecule has 0 bridgehead atoms. The number of nitrogens with zero attached hydrogens (tertiary/aromatic N) is 2. The standard InChI is InChI=1S/C22H16N4O5S2/c23-10-18-20(15-3-1-2-4-17(15)32-18)33(30,31)25-13-5-6-14-12(9-13)11-26(22(14)29)16-7-8-19(27)24-21(16)28/h1-6,9,16,25H,7-8,11H2,(H,24,27,28). The van der Waals surface area contributed by atoms with Crippen LogP contribution in [0.5, 0.6) is 0 Å². The van der Waals surface area contributed by atoms with Crippen molar-refractivity contribution in [2.24, 2.45) is 0 Å². The first-order valence-electron chi connectivity index (χ1n) is 10.0. The van der Waals surface area contributed by atoms with Gasteiger partial charge in [0.15, 0.2) is 0 Å². The molecule has 1 fully saturated rings. The van der Waals surface area contributed by atoms with Crippen LogP contribution in [-0.4, -0.2) is 37.1 Å². The number of nitriles is 1. The van der Waals surface area contributed by atoms with Crippen molar-refractivity contribution in [1.82, 2.24) is 10.2 Å². The van der Waals surface area contributed by atoms with E-state index in [9.17, 15) is 28.1 Å². The Bertz CT molecular complexity index is 1500. The summed E-state index contributed by atoms with van der Waals surface area (Å²) in [7, 11) is -4.08. The molecule has 0 radical (unpaired) electrons. The van der Waals surface area contributed by atoms with Gasteiger partial charge in [0.1, 0.15) is 21.9 Å². The van der Waals surface area contributed by atoms with Gasteiger partial charge in [0.25, 0.3) is 15.9 Å². The molecule has 11 heteroatoms. The number of sulfonamides is 1. The van der Waals surface area contributed by atoms with E-state index in [0.717, 1.165) is 11.3 Å². The van der Waals surface area contributed by atoms with E-state index < -0.39 is 22.0 Å². The lowest BCUT2D eigenvalue weighted by atomic mass is 10.0. The first-order chi connectivity index (χ1) is 15.8. The van der Waals surface area contributed by atoms with Crippen molar-refractivity contribution >= 4 is 54.9 Å². The van der Waals surface area contributed by atoms with Crippen molar-refractivity contribution in [2.75, 3.05) is 4.72 Å². The molecule has 3 heterocycles. The van der Waals surface area contributed by atoms with Gasteiger partial charge in [0.05, 0.1) is 0 Å². The number of rotatable bonds is 4. The summed E-state index contributed by atoms with van der Waals surface area (Å²) in [5.74, 6) is -1.22. The molecule has 3 amide bonds. The molecule has 1 atom stereocenters. The third kappa shape index (κ3) is 3.53. The second kappa shape index (κ2) is 7.68. The van der Waals surface area contributed by atoms with Crippen LogP contribution in [0.15, 0.2) is 47.4 Å². The molecule has 9 nitrogen and oxygen atoms in total. The number of carbonyl (C=O) groups is 3. The largest absolute Gasteiger partial charge is 0.322 e. The minimum absolute atomic E-state index is 0.0765. The minimum Gasteiger partial charge on any atom is -0.322 e. The van der Waals surface area contributed by atoms with Crippen LogP contribution in [0.25, 0.3) is 10.1 Å². The third-order valence-corrected chi connectivity index (χ3v) is 8.37. The molecular formula is C22H16N4O5S2. The molecule has 2 aliphatic rings. The second-order valence-corrected chi connectivity index (χ2v) is 10.4. The molecule has 0 aliphatic carbocycles. The van der Waals surface area contributed by atoms with E-state index >= 15 is 0 Å². The lowest BCUT2D eigenvalue weighted by Crippen LogP contribution is -2.52. The summed E-state index contributed by atoms with van der Waals surface area (Å²) in [6.07, 6.45) is 0.392. The highest BCUT2D eigenvalue weighted by Crippen LogP contribution is 2.36. The van der Waals surface area contributed by atoms with E-state index in [2.05, 4.69) is 10.0 Å². The Balaban J connectivity index is 1.44. The predicted molar refractivity (Wildman–Crippen MR) is 120 cm³/mol. The number of nitrogens with one attached hydrogen (secondary N) is 2. The average Bonchev–Trinajstić information content (AvgIpc) is 3.31. The maximum absolute atomic E-state index is 13.2. The fourth-order valence-electron chi connectivity index (χ4n) is 4.21. The number of amides is 3. The van der Waals surface area contributed by atoms with Gasteiger partial charge < -0.3 is 4.90 Å². The molecule has 1 aromatic heterocycles. The van der Waals surface area contributed by atoms with Gasteiger partial charge in [-0.1, -0.05) is 18.2 Å². The lowest BCUT2D eigenvalue weighted by molar-refractivity contribution is -0.136. The Labute approximate surface area is 192 Å². The maximum atomic E-state index is 13.2. The molecule has 2 aromatic carbocycles. The molecule has 2 N–H and O–H groups in total. The number of hydrogen-bond donors (Lipinski definition) is 2. The summed E-state index contributed by atoms with van der Waals surface area (Å²) < 4.78 is 29.6. The summed E-state index contributed by atoms with van der Waals surface area (Å²) in [4.78, 5) is 37.8. The van der Waals surface area contributed by atoms with Gasteiger partial charge in [-0.15, -0.1) is 11.3 Å². The van der Waals surface area contributed by atoms with Gasteiger partial charge in [0.2, 0.25) is 11.8 Å². The monoisotopic (exact) mass is 480 g/mol. The molecular weight excluding hydrogens is 464 g/mol. The van der Waals surface area contributed by atoms with Crippen molar-refractivity contribution in [1.29, 1.82) is 5.26 Å². The summed E-state index contributed by atoms with van der Waals surface area (Å²) in [6.45, 7) is 0.126. The van der Waals surface area contributed by atoms with E-state index in [0.29, 0.717) is 21.2 Å². The summed E-state index contributed by atoms with van der Waals surface area (Å²) >= 11 is 1.10. The zero-order valence-electron chi connectivity index (χ0n) is 17.0. The van der Waals surface area contributed by atoms with Crippen LogP contribution in [0, 0.1) is 11.3 Å². The fourth-order valence-corrected chi connectivity index (χ4v) is 6.92. The zero-order valence-corrected chi connectivity index (χ0v) is 18.6. The van der Waals surface area contributed by atoms with E-state index in [1.165, 1.54) is 17.0 Å². The highest BCUT2D eigenvalue weighted by Gasteiger charge is 2.39. The summed E-state index contributed by atoms with van der Waals surface area (Å²) in [5, 5.41) is 12.2. The molecule has 1 unspecified atom stereocenters. The lowest BCUT2D eigenvalue weighted by Gasteiger charge is -2.29. The number of benzene rings is 2. The Morgan fingerprint density at radius 1 is 1.15 bits per heavy atom. The van der Waals surface area contributed by atoms with Crippen molar-refractivity contribution in [3.8, 4) is 6.07 Å². The Kier molecular flexibility index (Phi) is 4.92. The van der Waals surface area contributed by atoms with Crippen molar-refractivity contribution in [2.45, 2.75) is 30.3 Å². The van der Waals surface area contributed by atoms with Gasteiger partial charge in [-0.2, -0.15) is 5.26 Å². The molecule has 33 heavy (non-hydrogen) atoms. The Hall–Kier alpha value is -3.75. The average molecular weight is 481 g/mol. The SMILES string of the molecule is N#Cc1sc2ccccc2c1S(=O)(=O)Nc1ccc2c(c1)CN(C1CCC(=O)NC1=O)C2=O. The first kappa shape index (κ1) is 21.1. The number of imide groups is 1. The number of hydrogen-bond acceptors (Lipinski definition) is 7. The van der Waals surface area contributed by atoms with Crippen LogP contribution >= 0.6 is 11.3 Å². The third-order valence-electron chi connectivity index (χ3n) is 5.70. The second-order valence-electron chi connectivity index (χ2n) is 7.75. The molecule has 0 saturated carbocycles. The zero-order chi connectivity index (χ0) is 23.3. The van der Waals surface area contributed by atoms with Crippen LogP contribution in [0.1, 0.15) is 33.6 Å². The van der Waals surface area contributed by atoms with Crippen molar-refractivity contribution < 1.29 is 22.8 Å². The summed E-state index contributed by atoms with van der Waals surface area (Å²) in [6, 6.07) is 12.6. The molecule has 3 aromatic rings. The van der Waals surface area contributed by atoms with Crippen LogP contribution in [0.3, 0.4) is 0 Å². The smallest absolute Gasteiger partial charge is 0.264 e. The van der Waals surface area contributed by atoms with Gasteiger partial charge in [-0.25, -0.2) is 8.42 Å². The number of carbonyl (C=O) groups excluding carboxylic acids is 3. The summed E-state index contributed by atoms with van der Waals surface area (Å²) in [5.41, 5.74) is 1.19. The van der Waals surface area contributed by atoms with Crippen molar-refractivity contribution in [3.05, 3.63) is 58.5 Å². The normalized spacial score (nSPS) is 18.2. The van der Waals surface area contributed by atoms with E-state index in [-0.39, 0.29) is 46.7 Å². The van der Waals surface area contributed by atoms with Crippen LogP contribution in [-0.2, 0) is 26.2 Å². The molecule has 2 aliphatic heterocycles. The maximum Gasteiger partial charge on any atom is 0.264 e. The van der Waals surface area contributed by atoms with E-state index in [4.69, 9.17) is 0 Å². The predicted octanol–water partition coefficient (Wildman–Crippen LogP) is 2.33. The van der Waals surface area contributed by atoms with Crippen molar-refractivity contribution in [3.63, 3.8) is 0 Å². The Morgan fingerprint density at radius 3 is 2.70 bits per heavy atom. The molecule has 0 spiro atoms. The molecule has 166 valence electrons. The molecule has 5 rings (SSSR count). The van der Waals surface area contributed by atoms with E-state index in [1.54, 1.807) is 30.3 Å². The van der Waals surface area contributed by atoms with Gasteiger partial charge in [-0.3, -0.25) is 24.4 Å². The fraction of sp³-hybridized carbons (Fsp3) is 0.182. The molecule has 1 saturated heterocycles. The quantitative estimate of drug-likeness (QED) is 0.550. The van der Waals surface area contributed by atoms with Crippen LogP contribution in [0.2, 0.25) is 0 Å². The first-order valence-corrected chi connectivity index (χ1v) is 12.3. The highest BCUT2D eigenvalue weighted by molar-refractivity contribution is 7.93. The van der Waals surface area contributed by atoms with Gasteiger partial charge in [0, 0.05) is 34.3 Å². The van der Waals surface area contributed by atoms with Gasteiger partial charge >= 0.3 is 0 Å². The number of anilines is 1. The van der Waals surface area contributed by atoms with Gasteiger partial charge in [-0.05, 0) is 36.2 Å². The minimum atomic E-state index is -4.08. The number of fused-ring (bicyclic) bond motifs is 2.